The zero-order valence-electron chi connectivity index (χ0n) is 13.0. The molecule has 0 saturated carbocycles. The summed E-state index contributed by atoms with van der Waals surface area (Å²) >= 11 is 0. The third-order valence-corrected chi connectivity index (χ3v) is 3.07. The van der Waals surface area contributed by atoms with Gasteiger partial charge >= 0.3 is 0 Å². The summed E-state index contributed by atoms with van der Waals surface area (Å²) < 4.78 is 5.71. The molecule has 0 atom stereocenters. The van der Waals surface area contributed by atoms with Crippen LogP contribution in [0.3, 0.4) is 0 Å². The van der Waals surface area contributed by atoms with Gasteiger partial charge in [0.05, 0.1) is 12.3 Å². The van der Waals surface area contributed by atoms with Gasteiger partial charge in [-0.25, -0.2) is 9.97 Å². The van der Waals surface area contributed by atoms with Gasteiger partial charge in [-0.3, -0.25) is 0 Å². The van der Waals surface area contributed by atoms with Gasteiger partial charge in [0.2, 0.25) is 0 Å². The standard InChI is InChI=1S/C17H23N3O/c1-4-9-16-19-14(12-17(20-16)18-5-2)13-10-7-8-11-15(13)21-6-3/h7-8,10-12H,4-6,9H2,1-3H3,(H,18,19,20). The molecule has 0 radical (unpaired) electrons. The quantitative estimate of drug-likeness (QED) is 0.837. The van der Waals surface area contributed by atoms with Gasteiger partial charge in [-0.05, 0) is 32.4 Å². The Labute approximate surface area is 126 Å². The van der Waals surface area contributed by atoms with Gasteiger partial charge in [-0.2, -0.15) is 0 Å². The van der Waals surface area contributed by atoms with E-state index in [0.29, 0.717) is 6.61 Å². The van der Waals surface area contributed by atoms with Gasteiger partial charge in [0, 0.05) is 24.6 Å². The molecule has 0 aliphatic rings. The average molecular weight is 285 g/mol. The summed E-state index contributed by atoms with van der Waals surface area (Å²) in [6.45, 7) is 7.68. The topological polar surface area (TPSA) is 47.0 Å². The lowest BCUT2D eigenvalue weighted by atomic mass is 10.1. The highest BCUT2D eigenvalue weighted by atomic mass is 16.5. The number of ether oxygens (including phenoxy) is 1. The van der Waals surface area contributed by atoms with Crippen molar-refractivity contribution >= 4 is 5.82 Å². The van der Waals surface area contributed by atoms with E-state index in [4.69, 9.17) is 4.74 Å². The summed E-state index contributed by atoms with van der Waals surface area (Å²) in [6, 6.07) is 9.99. The van der Waals surface area contributed by atoms with Gasteiger partial charge in [0.25, 0.3) is 0 Å². The molecule has 1 heterocycles. The van der Waals surface area contributed by atoms with Crippen LogP contribution in [0.2, 0.25) is 0 Å². The molecule has 2 rings (SSSR count). The van der Waals surface area contributed by atoms with Crippen molar-refractivity contribution in [3.63, 3.8) is 0 Å². The van der Waals surface area contributed by atoms with E-state index in [2.05, 4.69) is 29.1 Å². The Bertz CT molecular complexity index is 560. The summed E-state index contributed by atoms with van der Waals surface area (Å²) in [6.07, 6.45) is 1.91. The lowest BCUT2D eigenvalue weighted by Crippen LogP contribution is -2.05. The van der Waals surface area contributed by atoms with Crippen LogP contribution < -0.4 is 10.1 Å². The second-order valence-electron chi connectivity index (χ2n) is 4.76. The zero-order valence-corrected chi connectivity index (χ0v) is 13.0. The largest absolute Gasteiger partial charge is 0.493 e. The Balaban J connectivity index is 2.46. The van der Waals surface area contributed by atoms with E-state index >= 15 is 0 Å². The monoisotopic (exact) mass is 285 g/mol. The first kappa shape index (κ1) is 15.3. The molecule has 4 heteroatoms. The first-order chi connectivity index (χ1) is 10.3. The smallest absolute Gasteiger partial charge is 0.131 e. The molecule has 4 nitrogen and oxygen atoms in total. The Kier molecular flexibility index (Phi) is 5.55. The van der Waals surface area contributed by atoms with Gasteiger partial charge < -0.3 is 10.1 Å². The fourth-order valence-electron chi connectivity index (χ4n) is 2.20. The number of benzene rings is 1. The van der Waals surface area contributed by atoms with Crippen molar-refractivity contribution in [1.82, 2.24) is 9.97 Å². The highest BCUT2D eigenvalue weighted by Crippen LogP contribution is 2.29. The number of nitrogens with one attached hydrogen (secondary N) is 1. The van der Waals surface area contributed by atoms with Crippen LogP contribution in [-0.4, -0.2) is 23.1 Å². The molecule has 2 aromatic rings. The summed E-state index contributed by atoms with van der Waals surface area (Å²) in [5, 5.41) is 3.28. The third-order valence-electron chi connectivity index (χ3n) is 3.07. The van der Waals surface area contributed by atoms with Crippen LogP contribution in [0.4, 0.5) is 5.82 Å². The molecule has 1 N–H and O–H groups in total. The molecule has 0 saturated heterocycles. The molecule has 112 valence electrons. The fourth-order valence-corrected chi connectivity index (χ4v) is 2.20. The van der Waals surface area contributed by atoms with Crippen LogP contribution in [0.15, 0.2) is 30.3 Å². The van der Waals surface area contributed by atoms with E-state index in [0.717, 1.165) is 48.0 Å². The second kappa shape index (κ2) is 7.62. The highest BCUT2D eigenvalue weighted by molar-refractivity contribution is 5.69. The molecule has 1 aromatic carbocycles. The van der Waals surface area contributed by atoms with Crippen LogP contribution in [-0.2, 0) is 6.42 Å². The Morgan fingerprint density at radius 3 is 2.62 bits per heavy atom. The maximum Gasteiger partial charge on any atom is 0.131 e. The van der Waals surface area contributed by atoms with Crippen LogP contribution in [0.5, 0.6) is 5.75 Å². The number of nitrogens with zero attached hydrogens (tertiary/aromatic N) is 2. The molecule has 0 aliphatic heterocycles. The van der Waals surface area contributed by atoms with Crippen molar-refractivity contribution in [2.75, 3.05) is 18.5 Å². The van der Waals surface area contributed by atoms with E-state index in [1.807, 2.05) is 37.3 Å². The van der Waals surface area contributed by atoms with Crippen molar-refractivity contribution in [2.45, 2.75) is 33.6 Å². The number of hydrogen-bond donors (Lipinski definition) is 1. The van der Waals surface area contributed by atoms with Crippen molar-refractivity contribution < 1.29 is 4.74 Å². The van der Waals surface area contributed by atoms with Crippen molar-refractivity contribution in [3.05, 3.63) is 36.2 Å². The van der Waals surface area contributed by atoms with Crippen molar-refractivity contribution in [2.24, 2.45) is 0 Å². The molecule has 21 heavy (non-hydrogen) atoms. The SMILES string of the molecule is CCCc1nc(NCC)cc(-c2ccccc2OCC)n1. The van der Waals surface area contributed by atoms with Gasteiger partial charge in [-0.1, -0.05) is 19.1 Å². The maximum absolute atomic E-state index is 5.71. The van der Waals surface area contributed by atoms with Gasteiger partial charge in [-0.15, -0.1) is 0 Å². The number of rotatable bonds is 7. The van der Waals surface area contributed by atoms with Crippen LogP contribution >= 0.6 is 0 Å². The Morgan fingerprint density at radius 2 is 1.90 bits per heavy atom. The Hall–Kier alpha value is -2.10. The minimum atomic E-state index is 0.643. The molecule has 0 spiro atoms. The fraction of sp³-hybridized carbons (Fsp3) is 0.412. The predicted molar refractivity (Wildman–Crippen MR) is 86.8 cm³/mol. The minimum absolute atomic E-state index is 0.643. The van der Waals surface area contributed by atoms with Crippen molar-refractivity contribution in [3.8, 4) is 17.0 Å². The number of hydrogen-bond acceptors (Lipinski definition) is 4. The van der Waals surface area contributed by atoms with E-state index < -0.39 is 0 Å². The molecule has 0 aliphatic carbocycles. The Morgan fingerprint density at radius 1 is 1.10 bits per heavy atom. The summed E-state index contributed by atoms with van der Waals surface area (Å²) in [7, 11) is 0. The number of aryl methyl sites for hydroxylation is 1. The molecule has 0 bridgehead atoms. The molecule has 0 fully saturated rings. The predicted octanol–water partition coefficient (Wildman–Crippen LogP) is 3.93. The first-order valence-electron chi connectivity index (χ1n) is 7.62. The molecule has 0 unspecified atom stereocenters. The number of para-hydroxylation sites is 1. The maximum atomic E-state index is 5.71. The normalized spacial score (nSPS) is 10.4. The third kappa shape index (κ3) is 3.94. The first-order valence-corrected chi connectivity index (χ1v) is 7.62. The van der Waals surface area contributed by atoms with E-state index in [-0.39, 0.29) is 0 Å². The lowest BCUT2D eigenvalue weighted by Gasteiger charge is -2.12. The average Bonchev–Trinajstić information content (AvgIpc) is 2.49. The molecule has 0 amide bonds. The number of anilines is 1. The van der Waals surface area contributed by atoms with Crippen LogP contribution in [0.25, 0.3) is 11.3 Å². The zero-order chi connectivity index (χ0) is 15.1. The van der Waals surface area contributed by atoms with E-state index in [9.17, 15) is 0 Å². The van der Waals surface area contributed by atoms with Gasteiger partial charge in [0.15, 0.2) is 0 Å². The van der Waals surface area contributed by atoms with E-state index in [1.165, 1.54) is 0 Å². The lowest BCUT2D eigenvalue weighted by molar-refractivity contribution is 0.341. The highest BCUT2D eigenvalue weighted by Gasteiger charge is 2.10. The van der Waals surface area contributed by atoms with Crippen molar-refractivity contribution in [1.29, 1.82) is 0 Å². The van der Waals surface area contributed by atoms with E-state index in [1.54, 1.807) is 0 Å². The minimum Gasteiger partial charge on any atom is -0.493 e. The summed E-state index contributed by atoms with van der Waals surface area (Å²) in [5.74, 6) is 2.61. The second-order valence-corrected chi connectivity index (χ2v) is 4.76. The summed E-state index contributed by atoms with van der Waals surface area (Å²) in [5.41, 5.74) is 1.92. The molecular weight excluding hydrogens is 262 g/mol. The molecular formula is C17H23N3O. The van der Waals surface area contributed by atoms with Crippen LogP contribution in [0.1, 0.15) is 33.0 Å². The summed E-state index contributed by atoms with van der Waals surface area (Å²) in [4.78, 5) is 9.24. The number of aromatic nitrogens is 2. The van der Waals surface area contributed by atoms with Crippen LogP contribution in [0, 0.1) is 0 Å². The van der Waals surface area contributed by atoms with Gasteiger partial charge in [0.1, 0.15) is 17.4 Å². The molecule has 1 aromatic heterocycles.